The zero-order chi connectivity index (χ0) is 13.8. The summed E-state index contributed by atoms with van der Waals surface area (Å²) < 4.78 is 0. The van der Waals surface area contributed by atoms with Crippen molar-refractivity contribution in [3.63, 3.8) is 0 Å². The smallest absolute Gasteiger partial charge is 0.0165 e. The number of hydrogen-bond donors (Lipinski definition) is 0. The molecule has 0 bridgehead atoms. The maximum atomic E-state index is 3.77. The minimum absolute atomic E-state index is 0.766. The van der Waals surface area contributed by atoms with Gasteiger partial charge in [0.1, 0.15) is 0 Å². The molecule has 1 atom stereocenters. The zero-order valence-corrected chi connectivity index (χ0v) is 12.6. The van der Waals surface area contributed by atoms with E-state index in [-0.39, 0.29) is 0 Å². The Morgan fingerprint density at radius 1 is 0.947 bits per heavy atom. The van der Waals surface area contributed by atoms with Crippen molar-refractivity contribution in [2.24, 2.45) is 0 Å². The number of unbranched alkanes of at least 4 members (excludes halogenated alkanes) is 6. The minimum Gasteiger partial charge on any atom is -0.103 e. The van der Waals surface area contributed by atoms with Crippen LogP contribution >= 0.6 is 0 Å². The summed E-state index contributed by atoms with van der Waals surface area (Å²) in [6.07, 6.45) is 14.1. The maximum Gasteiger partial charge on any atom is -0.0165 e. The second-order valence-electron chi connectivity index (χ2n) is 5.50. The fraction of sp³-hybridized carbons (Fsp3) is 0.579. The quantitative estimate of drug-likeness (QED) is 0.314. The van der Waals surface area contributed by atoms with E-state index in [0.29, 0.717) is 0 Å². The first-order valence-electron chi connectivity index (χ1n) is 8.04. The van der Waals surface area contributed by atoms with Crippen LogP contribution in [-0.2, 0) is 0 Å². The summed E-state index contributed by atoms with van der Waals surface area (Å²) >= 11 is 0. The van der Waals surface area contributed by atoms with Gasteiger partial charge in [-0.25, -0.2) is 0 Å². The Morgan fingerprint density at radius 2 is 1.58 bits per heavy atom. The van der Waals surface area contributed by atoms with Crippen LogP contribution in [0, 0.1) is 0 Å². The van der Waals surface area contributed by atoms with Gasteiger partial charge in [-0.2, -0.15) is 0 Å². The monoisotopic (exact) mass is 258 g/mol. The summed E-state index contributed by atoms with van der Waals surface area (Å²) in [5, 5.41) is 0. The maximum absolute atomic E-state index is 3.77. The highest BCUT2D eigenvalue weighted by atomic mass is 14.1. The summed E-state index contributed by atoms with van der Waals surface area (Å²) in [4.78, 5) is 0. The van der Waals surface area contributed by atoms with Gasteiger partial charge in [-0.05, 0) is 37.2 Å². The number of rotatable bonds is 11. The van der Waals surface area contributed by atoms with Crippen LogP contribution in [-0.4, -0.2) is 0 Å². The highest BCUT2D eigenvalue weighted by Crippen LogP contribution is 2.25. The fourth-order valence-corrected chi connectivity index (χ4v) is 2.72. The first-order valence-corrected chi connectivity index (χ1v) is 8.04. The molecule has 0 aromatic heterocycles. The highest BCUT2D eigenvalue weighted by Gasteiger charge is 2.07. The molecule has 0 nitrogen and oxygen atoms in total. The molecule has 1 aromatic carbocycles. The van der Waals surface area contributed by atoms with Crippen LogP contribution in [0.25, 0.3) is 0 Å². The van der Waals surface area contributed by atoms with Crippen LogP contribution in [0.15, 0.2) is 43.0 Å². The molecule has 0 saturated heterocycles. The van der Waals surface area contributed by atoms with Gasteiger partial charge in [-0.1, -0.05) is 75.4 Å². The third-order valence-electron chi connectivity index (χ3n) is 3.97. The van der Waals surface area contributed by atoms with Gasteiger partial charge in [0, 0.05) is 0 Å². The molecule has 1 aromatic rings. The second kappa shape index (κ2) is 10.8. The van der Waals surface area contributed by atoms with Crippen molar-refractivity contribution in [1.29, 1.82) is 0 Å². The first-order chi connectivity index (χ1) is 9.38. The van der Waals surface area contributed by atoms with Crippen LogP contribution in [0.1, 0.15) is 76.2 Å². The van der Waals surface area contributed by atoms with Crippen LogP contribution in [0.2, 0.25) is 0 Å². The Labute approximate surface area is 119 Å². The summed E-state index contributed by atoms with van der Waals surface area (Å²) in [5.74, 6) is 0.766. The Morgan fingerprint density at radius 3 is 2.21 bits per heavy atom. The van der Waals surface area contributed by atoms with E-state index in [9.17, 15) is 0 Å². The van der Waals surface area contributed by atoms with Gasteiger partial charge in [-0.15, -0.1) is 6.58 Å². The minimum atomic E-state index is 0.766. The lowest BCUT2D eigenvalue weighted by Gasteiger charge is -2.15. The van der Waals surface area contributed by atoms with Crippen molar-refractivity contribution < 1.29 is 0 Å². The molecular formula is C19H30. The molecule has 106 valence electrons. The lowest BCUT2D eigenvalue weighted by Crippen LogP contribution is -1.97. The summed E-state index contributed by atoms with van der Waals surface area (Å²) in [6.45, 7) is 6.08. The van der Waals surface area contributed by atoms with Crippen molar-refractivity contribution in [3.05, 3.63) is 48.6 Å². The van der Waals surface area contributed by atoms with Gasteiger partial charge in [0.2, 0.25) is 0 Å². The number of benzene rings is 1. The standard InChI is InChI=1S/C19H30/c1-3-5-6-7-8-9-10-12-15-18(4-2)19-16-13-11-14-17-19/h3,11,13-14,16-18H,1,4-10,12,15H2,2H3. The Kier molecular flexibility index (Phi) is 9.14. The molecule has 0 heteroatoms. The van der Waals surface area contributed by atoms with Crippen molar-refractivity contribution in [1.82, 2.24) is 0 Å². The molecule has 0 heterocycles. The summed E-state index contributed by atoms with van der Waals surface area (Å²) in [7, 11) is 0. The van der Waals surface area contributed by atoms with E-state index in [1.807, 2.05) is 6.08 Å². The normalized spacial score (nSPS) is 12.3. The zero-order valence-electron chi connectivity index (χ0n) is 12.6. The molecule has 1 unspecified atom stereocenters. The van der Waals surface area contributed by atoms with Gasteiger partial charge in [0.15, 0.2) is 0 Å². The predicted octanol–water partition coefficient (Wildman–Crippen LogP) is 6.49. The van der Waals surface area contributed by atoms with Crippen molar-refractivity contribution >= 4 is 0 Å². The second-order valence-corrected chi connectivity index (χ2v) is 5.50. The first kappa shape index (κ1) is 16.0. The molecule has 0 fully saturated rings. The van der Waals surface area contributed by atoms with Gasteiger partial charge in [0.05, 0.1) is 0 Å². The van der Waals surface area contributed by atoms with E-state index in [0.717, 1.165) is 5.92 Å². The lowest BCUT2D eigenvalue weighted by molar-refractivity contribution is 0.527. The van der Waals surface area contributed by atoms with Gasteiger partial charge >= 0.3 is 0 Å². The average Bonchev–Trinajstić information content (AvgIpc) is 2.47. The van der Waals surface area contributed by atoms with Crippen molar-refractivity contribution in [2.75, 3.05) is 0 Å². The topological polar surface area (TPSA) is 0 Å². The summed E-state index contributed by atoms with van der Waals surface area (Å²) in [6, 6.07) is 11.0. The van der Waals surface area contributed by atoms with E-state index in [2.05, 4.69) is 43.8 Å². The molecule has 0 spiro atoms. The molecule has 1 rings (SSSR count). The molecule has 0 aliphatic rings. The molecule has 0 aliphatic heterocycles. The van der Waals surface area contributed by atoms with Gasteiger partial charge in [0.25, 0.3) is 0 Å². The third-order valence-corrected chi connectivity index (χ3v) is 3.97. The molecule has 0 amide bonds. The van der Waals surface area contributed by atoms with E-state index in [4.69, 9.17) is 0 Å². The van der Waals surface area contributed by atoms with Crippen LogP contribution < -0.4 is 0 Å². The molecule has 0 N–H and O–H groups in total. The predicted molar refractivity (Wildman–Crippen MR) is 86.6 cm³/mol. The van der Waals surface area contributed by atoms with Crippen molar-refractivity contribution in [3.8, 4) is 0 Å². The largest absolute Gasteiger partial charge is 0.103 e. The fourth-order valence-electron chi connectivity index (χ4n) is 2.72. The van der Waals surface area contributed by atoms with Gasteiger partial charge in [-0.3, -0.25) is 0 Å². The molecule has 0 saturated carbocycles. The van der Waals surface area contributed by atoms with Crippen molar-refractivity contribution in [2.45, 2.75) is 70.6 Å². The molecular weight excluding hydrogens is 228 g/mol. The Bertz CT molecular complexity index is 312. The van der Waals surface area contributed by atoms with E-state index in [1.165, 1.54) is 63.4 Å². The van der Waals surface area contributed by atoms with E-state index >= 15 is 0 Å². The summed E-state index contributed by atoms with van der Waals surface area (Å²) in [5.41, 5.74) is 1.52. The molecule has 0 aliphatic carbocycles. The van der Waals surface area contributed by atoms with Crippen LogP contribution in [0.3, 0.4) is 0 Å². The van der Waals surface area contributed by atoms with E-state index < -0.39 is 0 Å². The lowest BCUT2D eigenvalue weighted by atomic mass is 9.91. The molecule has 19 heavy (non-hydrogen) atoms. The van der Waals surface area contributed by atoms with Crippen LogP contribution in [0.5, 0.6) is 0 Å². The Hall–Kier alpha value is -1.04. The Balaban J connectivity index is 2.09. The third kappa shape index (κ3) is 7.20. The van der Waals surface area contributed by atoms with E-state index in [1.54, 1.807) is 0 Å². The SMILES string of the molecule is C=CCCCCCCCCC(CC)c1ccccc1. The molecule has 0 radical (unpaired) electrons. The highest BCUT2D eigenvalue weighted by molar-refractivity contribution is 5.19. The van der Waals surface area contributed by atoms with Gasteiger partial charge < -0.3 is 0 Å². The van der Waals surface area contributed by atoms with Crippen LogP contribution in [0.4, 0.5) is 0 Å². The number of allylic oxidation sites excluding steroid dienone is 1. The average molecular weight is 258 g/mol. The number of hydrogen-bond acceptors (Lipinski definition) is 0.